The average molecular weight is 183 g/mol. The third kappa shape index (κ3) is 9.45. The molecule has 0 unspecified atom stereocenters. The number of hydrogen-bond acceptors (Lipinski definition) is 1. The maximum Gasteiger partial charge on any atom is 0.0141 e. The second-order valence-electron chi connectivity index (χ2n) is 4.17. The molecule has 0 saturated carbocycles. The van der Waals surface area contributed by atoms with E-state index in [1.165, 1.54) is 31.4 Å². The van der Waals surface area contributed by atoms with Gasteiger partial charge in [0.15, 0.2) is 0 Å². The fraction of sp³-hybridized carbons (Fsp3) is 0.833. The molecule has 0 aliphatic heterocycles. The van der Waals surface area contributed by atoms with Crippen molar-refractivity contribution in [3.63, 3.8) is 0 Å². The number of unbranched alkanes of at least 4 members (excludes halogenated alkanes) is 1. The molecule has 0 aliphatic carbocycles. The molecular weight excluding hydrogens is 158 g/mol. The molecule has 78 valence electrons. The van der Waals surface area contributed by atoms with Crippen LogP contribution < -0.4 is 5.32 Å². The molecule has 0 radical (unpaired) electrons. The van der Waals surface area contributed by atoms with Crippen molar-refractivity contribution in [2.75, 3.05) is 6.54 Å². The second kappa shape index (κ2) is 8.15. The van der Waals surface area contributed by atoms with E-state index in [0.717, 1.165) is 18.9 Å². The molecule has 0 spiro atoms. The van der Waals surface area contributed by atoms with Gasteiger partial charge in [0.2, 0.25) is 0 Å². The van der Waals surface area contributed by atoms with Gasteiger partial charge >= 0.3 is 0 Å². The van der Waals surface area contributed by atoms with E-state index in [0.29, 0.717) is 0 Å². The van der Waals surface area contributed by atoms with Crippen molar-refractivity contribution in [2.45, 2.75) is 52.9 Å². The van der Waals surface area contributed by atoms with Crippen LogP contribution in [0.4, 0.5) is 0 Å². The highest BCUT2D eigenvalue weighted by atomic mass is 14.9. The minimum Gasteiger partial charge on any atom is -0.389 e. The van der Waals surface area contributed by atoms with Crippen LogP contribution in [0.2, 0.25) is 0 Å². The van der Waals surface area contributed by atoms with Crippen LogP contribution in [0.3, 0.4) is 0 Å². The highest BCUT2D eigenvalue weighted by Crippen LogP contribution is 2.10. The van der Waals surface area contributed by atoms with Crippen LogP contribution >= 0.6 is 0 Å². The lowest BCUT2D eigenvalue weighted by Gasteiger charge is -2.08. The molecule has 0 heterocycles. The largest absolute Gasteiger partial charge is 0.389 e. The smallest absolute Gasteiger partial charge is 0.0141 e. The average Bonchev–Trinajstić information content (AvgIpc) is 2.08. The van der Waals surface area contributed by atoms with Crippen molar-refractivity contribution >= 4 is 0 Å². The van der Waals surface area contributed by atoms with E-state index in [-0.39, 0.29) is 0 Å². The summed E-state index contributed by atoms with van der Waals surface area (Å²) in [5.74, 6) is 0.844. The van der Waals surface area contributed by atoms with E-state index in [4.69, 9.17) is 0 Å². The topological polar surface area (TPSA) is 12.0 Å². The fourth-order valence-electron chi connectivity index (χ4n) is 1.28. The molecule has 1 heteroatoms. The van der Waals surface area contributed by atoms with E-state index in [2.05, 4.69) is 32.7 Å². The van der Waals surface area contributed by atoms with Crippen LogP contribution in [0.1, 0.15) is 52.9 Å². The molecule has 0 aromatic carbocycles. The standard InChI is InChI=1S/C12H25N/c1-5-10-13-12(4)9-7-6-8-11(2)3/h11,13H,4-10H2,1-3H3. The van der Waals surface area contributed by atoms with Crippen molar-refractivity contribution in [1.29, 1.82) is 0 Å². The first kappa shape index (κ1) is 12.5. The van der Waals surface area contributed by atoms with Crippen molar-refractivity contribution < 1.29 is 0 Å². The first-order valence-electron chi connectivity index (χ1n) is 5.58. The molecule has 0 aromatic heterocycles. The van der Waals surface area contributed by atoms with Crippen LogP contribution in [0.15, 0.2) is 12.3 Å². The van der Waals surface area contributed by atoms with Gasteiger partial charge in [-0.05, 0) is 25.2 Å². The maximum absolute atomic E-state index is 4.00. The molecule has 0 aliphatic rings. The molecule has 0 saturated heterocycles. The van der Waals surface area contributed by atoms with Gasteiger partial charge in [-0.15, -0.1) is 0 Å². The maximum atomic E-state index is 4.00. The molecule has 1 nitrogen and oxygen atoms in total. The Bertz CT molecular complexity index is 127. The molecule has 0 atom stereocenters. The summed E-state index contributed by atoms with van der Waals surface area (Å²) in [5, 5.41) is 3.33. The van der Waals surface area contributed by atoms with Crippen LogP contribution in [-0.4, -0.2) is 6.54 Å². The Labute approximate surface area is 83.6 Å². The number of rotatable bonds is 8. The van der Waals surface area contributed by atoms with Gasteiger partial charge in [0.1, 0.15) is 0 Å². The van der Waals surface area contributed by atoms with E-state index >= 15 is 0 Å². The number of allylic oxidation sites excluding steroid dienone is 1. The Morgan fingerprint density at radius 3 is 2.54 bits per heavy atom. The molecule has 0 aromatic rings. The highest BCUT2D eigenvalue weighted by Gasteiger charge is 1.96. The van der Waals surface area contributed by atoms with E-state index in [1.807, 2.05) is 0 Å². The zero-order chi connectivity index (χ0) is 10.1. The van der Waals surface area contributed by atoms with Gasteiger partial charge < -0.3 is 5.32 Å². The molecule has 0 bridgehead atoms. The lowest BCUT2D eigenvalue weighted by molar-refractivity contribution is 0.532. The zero-order valence-corrected chi connectivity index (χ0v) is 9.53. The van der Waals surface area contributed by atoms with Crippen LogP contribution in [-0.2, 0) is 0 Å². The molecule has 1 N–H and O–H groups in total. The normalized spacial score (nSPS) is 10.5. The lowest BCUT2D eigenvalue weighted by atomic mass is 10.0. The predicted molar refractivity (Wildman–Crippen MR) is 60.7 cm³/mol. The van der Waals surface area contributed by atoms with Gasteiger partial charge in [0, 0.05) is 12.2 Å². The van der Waals surface area contributed by atoms with Crippen molar-refractivity contribution in [1.82, 2.24) is 5.32 Å². The van der Waals surface area contributed by atoms with Gasteiger partial charge in [-0.3, -0.25) is 0 Å². The summed E-state index contributed by atoms with van der Waals surface area (Å²) in [6.45, 7) is 11.8. The zero-order valence-electron chi connectivity index (χ0n) is 9.53. The monoisotopic (exact) mass is 183 g/mol. The predicted octanol–water partition coefficient (Wildman–Crippen LogP) is 3.72. The summed E-state index contributed by atoms with van der Waals surface area (Å²) in [6.07, 6.45) is 6.30. The van der Waals surface area contributed by atoms with Gasteiger partial charge in [-0.2, -0.15) is 0 Å². The summed E-state index contributed by atoms with van der Waals surface area (Å²) < 4.78 is 0. The molecule has 0 amide bonds. The van der Waals surface area contributed by atoms with Gasteiger partial charge in [-0.25, -0.2) is 0 Å². The minimum atomic E-state index is 0.844. The Morgan fingerprint density at radius 2 is 2.00 bits per heavy atom. The third-order valence-corrected chi connectivity index (χ3v) is 2.14. The SMILES string of the molecule is C=C(CCCCC(C)C)NCCC. The number of nitrogens with one attached hydrogen (secondary N) is 1. The fourth-order valence-corrected chi connectivity index (χ4v) is 1.28. The Hall–Kier alpha value is -0.460. The minimum absolute atomic E-state index is 0.844. The van der Waals surface area contributed by atoms with Crippen LogP contribution in [0.25, 0.3) is 0 Å². The summed E-state index contributed by atoms with van der Waals surface area (Å²) >= 11 is 0. The Morgan fingerprint density at radius 1 is 1.31 bits per heavy atom. The summed E-state index contributed by atoms with van der Waals surface area (Å²) in [4.78, 5) is 0. The van der Waals surface area contributed by atoms with Crippen LogP contribution in [0.5, 0.6) is 0 Å². The third-order valence-electron chi connectivity index (χ3n) is 2.14. The van der Waals surface area contributed by atoms with E-state index in [1.54, 1.807) is 0 Å². The van der Waals surface area contributed by atoms with Crippen molar-refractivity contribution in [2.24, 2.45) is 5.92 Å². The molecule has 0 rings (SSSR count). The van der Waals surface area contributed by atoms with E-state index < -0.39 is 0 Å². The van der Waals surface area contributed by atoms with Crippen LogP contribution in [0, 0.1) is 5.92 Å². The quantitative estimate of drug-likeness (QED) is 0.566. The van der Waals surface area contributed by atoms with E-state index in [9.17, 15) is 0 Å². The molecule has 0 fully saturated rings. The van der Waals surface area contributed by atoms with Gasteiger partial charge in [0.25, 0.3) is 0 Å². The lowest BCUT2D eigenvalue weighted by Crippen LogP contribution is -2.12. The van der Waals surface area contributed by atoms with Gasteiger partial charge in [0.05, 0.1) is 0 Å². The molecular formula is C12H25N. The van der Waals surface area contributed by atoms with Crippen molar-refractivity contribution in [3.8, 4) is 0 Å². The first-order chi connectivity index (χ1) is 6.16. The molecule has 13 heavy (non-hydrogen) atoms. The first-order valence-corrected chi connectivity index (χ1v) is 5.58. The van der Waals surface area contributed by atoms with Crippen molar-refractivity contribution in [3.05, 3.63) is 12.3 Å². The summed E-state index contributed by atoms with van der Waals surface area (Å²) in [5.41, 5.74) is 1.21. The van der Waals surface area contributed by atoms with Gasteiger partial charge in [-0.1, -0.05) is 40.2 Å². The summed E-state index contributed by atoms with van der Waals surface area (Å²) in [7, 11) is 0. The Kier molecular flexibility index (Phi) is 7.86. The highest BCUT2D eigenvalue weighted by molar-refractivity contribution is 4.90. The Balaban J connectivity index is 3.17. The summed E-state index contributed by atoms with van der Waals surface area (Å²) in [6, 6.07) is 0. The number of hydrogen-bond donors (Lipinski definition) is 1. The second-order valence-corrected chi connectivity index (χ2v) is 4.17.